The summed E-state index contributed by atoms with van der Waals surface area (Å²) in [5, 5.41) is 11.2. The average Bonchev–Trinajstić information content (AvgIpc) is 2.77. The minimum atomic E-state index is -0.446. The highest BCUT2D eigenvalue weighted by molar-refractivity contribution is 5.78. The van der Waals surface area contributed by atoms with Crippen LogP contribution in [0.25, 0.3) is 0 Å². The second-order valence-electron chi connectivity index (χ2n) is 4.17. The second kappa shape index (κ2) is 5.34. The van der Waals surface area contributed by atoms with E-state index in [1.165, 1.54) is 4.68 Å². The van der Waals surface area contributed by atoms with E-state index in [1.54, 1.807) is 24.1 Å². The van der Waals surface area contributed by atoms with Gasteiger partial charge in [-0.1, -0.05) is 17.2 Å². The van der Waals surface area contributed by atoms with Gasteiger partial charge in [0.05, 0.1) is 6.54 Å². The number of carbonyl (C=O) groups is 1. The van der Waals surface area contributed by atoms with Crippen molar-refractivity contribution in [1.29, 1.82) is 0 Å². The molecule has 19 heavy (non-hydrogen) atoms. The van der Waals surface area contributed by atoms with Crippen molar-refractivity contribution in [1.82, 2.24) is 20.2 Å². The summed E-state index contributed by atoms with van der Waals surface area (Å²) in [5.74, 6) is 0.0362. The Balaban J connectivity index is 2.21. The van der Waals surface area contributed by atoms with E-state index in [1.807, 2.05) is 12.1 Å². The molecule has 2 rings (SSSR count). The van der Waals surface area contributed by atoms with E-state index in [-0.39, 0.29) is 6.54 Å². The number of anilines is 2. The number of amides is 1. The number of nitrogens with two attached hydrogens (primary N) is 2. The normalized spacial score (nSPS) is 10.4. The number of hydrogen-bond acceptors (Lipinski definition) is 6. The summed E-state index contributed by atoms with van der Waals surface area (Å²) >= 11 is 0. The smallest absolute Gasteiger partial charge is 0.246 e. The zero-order valence-corrected chi connectivity index (χ0v) is 10.5. The topological polar surface area (TPSA) is 116 Å². The van der Waals surface area contributed by atoms with Crippen molar-refractivity contribution in [3.8, 4) is 0 Å². The third kappa shape index (κ3) is 3.18. The second-order valence-corrected chi connectivity index (χ2v) is 4.17. The molecule has 0 fully saturated rings. The first-order valence-corrected chi connectivity index (χ1v) is 5.66. The van der Waals surface area contributed by atoms with Crippen LogP contribution in [-0.2, 0) is 18.4 Å². The molecule has 1 amide bonds. The van der Waals surface area contributed by atoms with E-state index in [0.29, 0.717) is 18.2 Å². The van der Waals surface area contributed by atoms with Crippen LogP contribution in [-0.4, -0.2) is 32.7 Å². The molecule has 100 valence electrons. The number of tetrazole rings is 1. The lowest BCUT2D eigenvalue weighted by Gasteiger charge is -2.20. The Morgan fingerprint density at radius 1 is 1.37 bits per heavy atom. The first kappa shape index (κ1) is 12.8. The van der Waals surface area contributed by atoms with Crippen molar-refractivity contribution in [2.24, 2.45) is 12.8 Å². The third-order valence-corrected chi connectivity index (χ3v) is 2.58. The van der Waals surface area contributed by atoms with Crippen LogP contribution >= 0.6 is 0 Å². The number of benzene rings is 1. The number of rotatable bonds is 5. The van der Waals surface area contributed by atoms with Gasteiger partial charge in [0.25, 0.3) is 0 Å². The van der Waals surface area contributed by atoms with Crippen molar-refractivity contribution in [3.05, 3.63) is 29.8 Å². The number of nitrogens with zero attached hydrogens (tertiary/aromatic N) is 5. The molecule has 4 N–H and O–H groups in total. The molecule has 0 radical (unpaired) electrons. The van der Waals surface area contributed by atoms with Gasteiger partial charge in [-0.05, 0) is 28.1 Å². The highest BCUT2D eigenvalue weighted by atomic mass is 16.1. The van der Waals surface area contributed by atoms with Gasteiger partial charge in [0, 0.05) is 19.3 Å². The van der Waals surface area contributed by atoms with Gasteiger partial charge in [0.1, 0.15) is 0 Å². The maximum atomic E-state index is 11.1. The zero-order chi connectivity index (χ0) is 13.8. The van der Waals surface area contributed by atoms with Crippen LogP contribution in [0.2, 0.25) is 0 Å². The molecule has 0 spiro atoms. The van der Waals surface area contributed by atoms with E-state index in [2.05, 4.69) is 15.5 Å². The van der Waals surface area contributed by atoms with E-state index in [4.69, 9.17) is 11.5 Å². The fourth-order valence-corrected chi connectivity index (χ4v) is 1.72. The highest BCUT2D eigenvalue weighted by Crippen LogP contribution is 2.13. The summed E-state index contributed by atoms with van der Waals surface area (Å²) in [7, 11) is 1.70. The molecule has 1 aromatic heterocycles. The number of carbonyl (C=O) groups excluding carboxylic acids is 1. The Morgan fingerprint density at radius 3 is 2.58 bits per heavy atom. The molecular weight excluding hydrogens is 246 g/mol. The molecule has 1 heterocycles. The molecule has 0 unspecified atom stereocenters. The predicted octanol–water partition coefficient (Wildman–Crippen LogP) is -0.716. The largest absolute Gasteiger partial charge is 0.399 e. The molecule has 0 saturated heterocycles. The lowest BCUT2D eigenvalue weighted by atomic mass is 10.2. The van der Waals surface area contributed by atoms with Gasteiger partial charge < -0.3 is 16.4 Å². The van der Waals surface area contributed by atoms with Gasteiger partial charge in [-0.3, -0.25) is 4.79 Å². The first-order valence-electron chi connectivity index (χ1n) is 5.66. The summed E-state index contributed by atoms with van der Waals surface area (Å²) in [6, 6.07) is 7.36. The van der Waals surface area contributed by atoms with Gasteiger partial charge in [-0.25, -0.2) is 4.68 Å². The van der Waals surface area contributed by atoms with Crippen LogP contribution < -0.4 is 16.4 Å². The van der Waals surface area contributed by atoms with Crippen LogP contribution in [0, 0.1) is 0 Å². The summed E-state index contributed by atoms with van der Waals surface area (Å²) in [6.45, 7) is 0.510. The molecule has 0 aliphatic carbocycles. The van der Waals surface area contributed by atoms with E-state index in [9.17, 15) is 4.79 Å². The van der Waals surface area contributed by atoms with Gasteiger partial charge >= 0.3 is 0 Å². The SMILES string of the molecule is Cn1nnnc1N(CC(N)=O)Cc1ccc(N)cc1. The Morgan fingerprint density at radius 2 is 2.05 bits per heavy atom. The van der Waals surface area contributed by atoms with Gasteiger partial charge in [-0.2, -0.15) is 0 Å². The summed E-state index contributed by atoms with van der Waals surface area (Å²) in [4.78, 5) is 12.8. The Kier molecular flexibility index (Phi) is 3.60. The highest BCUT2D eigenvalue weighted by Gasteiger charge is 2.15. The van der Waals surface area contributed by atoms with E-state index >= 15 is 0 Å². The number of nitrogen functional groups attached to an aromatic ring is 1. The minimum absolute atomic E-state index is 0.0403. The molecule has 8 nitrogen and oxygen atoms in total. The van der Waals surface area contributed by atoms with Crippen LogP contribution in [0.5, 0.6) is 0 Å². The number of primary amides is 1. The molecule has 0 bridgehead atoms. The van der Waals surface area contributed by atoms with Gasteiger partial charge in [0.2, 0.25) is 11.9 Å². The lowest BCUT2D eigenvalue weighted by molar-refractivity contribution is -0.116. The third-order valence-electron chi connectivity index (χ3n) is 2.58. The molecule has 0 atom stereocenters. The number of aryl methyl sites for hydroxylation is 1. The van der Waals surface area contributed by atoms with Crippen LogP contribution in [0.3, 0.4) is 0 Å². The minimum Gasteiger partial charge on any atom is -0.399 e. The van der Waals surface area contributed by atoms with Crippen LogP contribution in [0.1, 0.15) is 5.56 Å². The maximum Gasteiger partial charge on any atom is 0.246 e. The molecule has 8 heteroatoms. The van der Waals surface area contributed by atoms with E-state index < -0.39 is 5.91 Å². The molecule has 0 aliphatic heterocycles. The molecule has 2 aromatic rings. The zero-order valence-electron chi connectivity index (χ0n) is 10.5. The monoisotopic (exact) mass is 261 g/mol. The molecular formula is C11H15N7O. The standard InChI is InChI=1S/C11H15N7O/c1-17-11(14-15-16-17)18(7-10(13)19)6-8-2-4-9(12)5-3-8/h2-5H,6-7,12H2,1H3,(H2,13,19). The van der Waals surface area contributed by atoms with Crippen molar-refractivity contribution < 1.29 is 4.79 Å². The number of hydrogen-bond donors (Lipinski definition) is 2. The quantitative estimate of drug-likeness (QED) is 0.686. The summed E-state index contributed by atoms with van der Waals surface area (Å²) < 4.78 is 1.49. The summed E-state index contributed by atoms with van der Waals surface area (Å²) in [5.41, 5.74) is 12.6. The van der Waals surface area contributed by atoms with Crippen LogP contribution in [0.4, 0.5) is 11.6 Å². The fourth-order valence-electron chi connectivity index (χ4n) is 1.72. The van der Waals surface area contributed by atoms with Crippen LogP contribution in [0.15, 0.2) is 24.3 Å². The van der Waals surface area contributed by atoms with Crippen molar-refractivity contribution in [2.45, 2.75) is 6.54 Å². The Bertz CT molecular complexity index is 563. The van der Waals surface area contributed by atoms with E-state index in [0.717, 1.165) is 5.56 Å². The van der Waals surface area contributed by atoms with Crippen molar-refractivity contribution in [3.63, 3.8) is 0 Å². The molecule has 0 saturated carbocycles. The lowest BCUT2D eigenvalue weighted by Crippen LogP contribution is -2.35. The fraction of sp³-hybridized carbons (Fsp3) is 0.273. The predicted molar refractivity (Wildman–Crippen MR) is 69.9 cm³/mol. The molecule has 0 aliphatic rings. The maximum absolute atomic E-state index is 11.1. The summed E-state index contributed by atoms with van der Waals surface area (Å²) in [6.07, 6.45) is 0. The van der Waals surface area contributed by atoms with Gasteiger partial charge in [-0.15, -0.1) is 0 Å². The first-order chi connectivity index (χ1) is 9.06. The Labute approximate surface area is 110 Å². The average molecular weight is 261 g/mol. The van der Waals surface area contributed by atoms with Gasteiger partial charge in [0.15, 0.2) is 0 Å². The van der Waals surface area contributed by atoms with Crippen molar-refractivity contribution >= 4 is 17.5 Å². The van der Waals surface area contributed by atoms with Crippen molar-refractivity contribution in [2.75, 3.05) is 17.2 Å². The molecule has 1 aromatic carbocycles. The Hall–Kier alpha value is -2.64. The number of aromatic nitrogens is 4.